The number of hydrogen-bond acceptors (Lipinski definition) is 3. The van der Waals surface area contributed by atoms with Crippen LogP contribution in [0.5, 0.6) is 0 Å². The summed E-state index contributed by atoms with van der Waals surface area (Å²) >= 11 is 0. The van der Waals surface area contributed by atoms with Crippen LogP contribution in [0.1, 0.15) is 5.56 Å². The van der Waals surface area contributed by atoms with Crippen molar-refractivity contribution in [2.24, 2.45) is 11.3 Å². The molecule has 3 rings (SSSR count). The van der Waals surface area contributed by atoms with Crippen LogP contribution in [-0.2, 0) is 20.7 Å². The minimum absolute atomic E-state index is 0.237. The second-order valence-electron chi connectivity index (χ2n) is 5.11. The summed E-state index contributed by atoms with van der Waals surface area (Å²) in [6.45, 7) is 0. The van der Waals surface area contributed by atoms with Crippen molar-refractivity contribution in [3.05, 3.63) is 59.9 Å². The van der Waals surface area contributed by atoms with Crippen LogP contribution in [0.15, 0.2) is 54.3 Å². The van der Waals surface area contributed by atoms with Crippen LogP contribution in [-0.4, -0.2) is 18.9 Å². The monoisotopic (exact) mass is 269 g/mol. The molecule has 102 valence electrons. The molecule has 1 aromatic carbocycles. The number of hydrogen-bond donors (Lipinski definition) is 1. The predicted octanol–water partition coefficient (Wildman–Crippen LogP) is 1.59. The first-order valence-electron chi connectivity index (χ1n) is 6.50. The largest absolute Gasteiger partial charge is 0.497 e. The van der Waals surface area contributed by atoms with Gasteiger partial charge in [-0.15, -0.1) is 0 Å². The molecular weight excluding hydrogens is 254 g/mol. The van der Waals surface area contributed by atoms with E-state index in [1.165, 1.54) is 0 Å². The maximum absolute atomic E-state index is 12.3. The van der Waals surface area contributed by atoms with Crippen LogP contribution in [0.3, 0.4) is 0 Å². The summed E-state index contributed by atoms with van der Waals surface area (Å²) in [4.78, 5) is 24.3. The zero-order valence-corrected chi connectivity index (χ0v) is 11.1. The number of carbonyl (C=O) groups excluding carboxylic acids is 2. The molecule has 1 heterocycles. The Morgan fingerprint density at radius 3 is 2.70 bits per heavy atom. The summed E-state index contributed by atoms with van der Waals surface area (Å²) in [5, 5.41) is 2.44. The Morgan fingerprint density at radius 1 is 1.25 bits per heavy atom. The van der Waals surface area contributed by atoms with Gasteiger partial charge in [0.1, 0.15) is 5.76 Å². The van der Waals surface area contributed by atoms with E-state index >= 15 is 0 Å². The molecule has 0 radical (unpaired) electrons. The summed E-state index contributed by atoms with van der Waals surface area (Å²) in [6, 6.07) is 9.71. The van der Waals surface area contributed by atoms with E-state index < -0.39 is 11.3 Å². The number of benzene rings is 1. The van der Waals surface area contributed by atoms with Crippen molar-refractivity contribution in [1.29, 1.82) is 0 Å². The van der Waals surface area contributed by atoms with Crippen LogP contribution in [0, 0.1) is 11.3 Å². The number of allylic oxidation sites excluding steroid dienone is 1. The number of amides is 2. The van der Waals surface area contributed by atoms with E-state index in [9.17, 15) is 9.59 Å². The summed E-state index contributed by atoms with van der Waals surface area (Å²) < 4.78 is 5.16. The fourth-order valence-corrected chi connectivity index (χ4v) is 2.85. The molecule has 1 aromatic rings. The first-order chi connectivity index (χ1) is 9.65. The first kappa shape index (κ1) is 12.7. The van der Waals surface area contributed by atoms with Gasteiger partial charge in [-0.25, -0.2) is 0 Å². The summed E-state index contributed by atoms with van der Waals surface area (Å²) in [5.74, 6) is -0.387. The molecular formula is C16H15NO3. The molecule has 1 aliphatic carbocycles. The molecule has 0 unspecified atom stereocenters. The molecule has 0 saturated carbocycles. The molecule has 2 amide bonds. The topological polar surface area (TPSA) is 55.4 Å². The Balaban J connectivity index is 2.01. The van der Waals surface area contributed by atoms with Gasteiger partial charge in [-0.2, -0.15) is 0 Å². The van der Waals surface area contributed by atoms with Gasteiger partial charge in [0.2, 0.25) is 11.8 Å². The molecule has 0 spiro atoms. The lowest BCUT2D eigenvalue weighted by molar-refractivity contribution is -0.127. The number of methoxy groups -OCH3 is 1. The Bertz CT molecular complexity index is 618. The Morgan fingerprint density at radius 2 is 2.00 bits per heavy atom. The lowest BCUT2D eigenvalue weighted by Gasteiger charge is -2.29. The summed E-state index contributed by atoms with van der Waals surface area (Å²) in [6.07, 6.45) is 5.78. The molecule has 4 nitrogen and oxygen atoms in total. The van der Waals surface area contributed by atoms with Gasteiger partial charge in [-0.05, 0) is 24.1 Å². The second kappa shape index (κ2) is 4.63. The predicted molar refractivity (Wildman–Crippen MR) is 73.5 cm³/mol. The minimum atomic E-state index is -0.833. The number of nitrogens with one attached hydrogen (secondary N) is 1. The minimum Gasteiger partial charge on any atom is -0.497 e. The third-order valence-electron chi connectivity index (χ3n) is 3.95. The fraction of sp³-hybridized carbons (Fsp3) is 0.250. The average Bonchev–Trinajstić information content (AvgIpc) is 2.71. The number of ether oxygens (including phenoxy) is 1. The Kier molecular flexibility index (Phi) is 2.93. The number of fused-ring (bicyclic) bond motifs is 1. The SMILES string of the molecule is COC1=C[C@@H]2C(=O)NC(=O)[C@@]2(Cc2ccccc2)C=C1. The van der Waals surface area contributed by atoms with Crippen LogP contribution in [0.25, 0.3) is 0 Å². The average molecular weight is 269 g/mol. The van der Waals surface area contributed by atoms with Crippen molar-refractivity contribution in [3.8, 4) is 0 Å². The van der Waals surface area contributed by atoms with Gasteiger partial charge in [0.25, 0.3) is 0 Å². The maximum Gasteiger partial charge on any atom is 0.238 e. The smallest absolute Gasteiger partial charge is 0.238 e. The van der Waals surface area contributed by atoms with E-state index in [1.807, 2.05) is 30.3 Å². The van der Waals surface area contributed by atoms with Crippen molar-refractivity contribution >= 4 is 11.8 Å². The van der Waals surface area contributed by atoms with E-state index in [0.717, 1.165) is 5.56 Å². The lowest BCUT2D eigenvalue weighted by Crippen LogP contribution is -2.36. The van der Waals surface area contributed by atoms with Crippen LogP contribution < -0.4 is 5.32 Å². The molecule has 0 aromatic heterocycles. The Labute approximate surface area is 117 Å². The van der Waals surface area contributed by atoms with Gasteiger partial charge in [-0.3, -0.25) is 14.9 Å². The van der Waals surface area contributed by atoms with Crippen LogP contribution >= 0.6 is 0 Å². The highest BCUT2D eigenvalue weighted by molar-refractivity contribution is 6.09. The third kappa shape index (κ3) is 1.84. The van der Waals surface area contributed by atoms with Gasteiger partial charge in [-0.1, -0.05) is 36.4 Å². The van der Waals surface area contributed by atoms with E-state index in [4.69, 9.17) is 4.74 Å². The highest BCUT2D eigenvalue weighted by atomic mass is 16.5. The molecule has 20 heavy (non-hydrogen) atoms. The zero-order valence-electron chi connectivity index (χ0n) is 11.1. The standard InChI is InChI=1S/C16H15NO3/c1-20-12-7-8-16(10-11-5-3-2-4-6-11)13(9-12)14(18)17-15(16)19/h2-9,13H,10H2,1H3,(H,17,18,19)/t13-,16-/m1/s1. The summed E-state index contributed by atoms with van der Waals surface area (Å²) in [7, 11) is 1.55. The fourth-order valence-electron chi connectivity index (χ4n) is 2.85. The van der Waals surface area contributed by atoms with Crippen molar-refractivity contribution in [1.82, 2.24) is 5.32 Å². The highest BCUT2D eigenvalue weighted by Gasteiger charge is 2.53. The van der Waals surface area contributed by atoms with Gasteiger partial charge >= 0.3 is 0 Å². The van der Waals surface area contributed by atoms with Gasteiger partial charge in [0.05, 0.1) is 18.4 Å². The highest BCUT2D eigenvalue weighted by Crippen LogP contribution is 2.42. The number of carbonyl (C=O) groups is 2. The molecule has 1 fully saturated rings. The first-order valence-corrected chi connectivity index (χ1v) is 6.50. The van der Waals surface area contributed by atoms with Gasteiger partial charge < -0.3 is 4.74 Å². The third-order valence-corrected chi connectivity index (χ3v) is 3.95. The van der Waals surface area contributed by atoms with E-state index in [0.29, 0.717) is 12.2 Å². The molecule has 2 aliphatic rings. The normalized spacial score (nSPS) is 27.9. The van der Waals surface area contributed by atoms with E-state index in [2.05, 4.69) is 5.32 Å². The number of imide groups is 1. The van der Waals surface area contributed by atoms with Crippen LogP contribution in [0.4, 0.5) is 0 Å². The molecule has 1 saturated heterocycles. The quantitative estimate of drug-likeness (QED) is 0.848. The van der Waals surface area contributed by atoms with Gasteiger partial charge in [0, 0.05) is 0 Å². The summed E-state index contributed by atoms with van der Waals surface area (Å²) in [5.41, 5.74) is 0.196. The Hall–Kier alpha value is -2.36. The maximum atomic E-state index is 12.3. The number of rotatable bonds is 3. The molecule has 4 heteroatoms. The molecule has 1 N–H and O–H groups in total. The van der Waals surface area contributed by atoms with Crippen molar-refractivity contribution in [2.45, 2.75) is 6.42 Å². The van der Waals surface area contributed by atoms with Crippen molar-refractivity contribution in [2.75, 3.05) is 7.11 Å². The molecule has 1 aliphatic heterocycles. The van der Waals surface area contributed by atoms with Crippen molar-refractivity contribution < 1.29 is 14.3 Å². The zero-order chi connectivity index (χ0) is 14.2. The van der Waals surface area contributed by atoms with E-state index in [1.54, 1.807) is 25.3 Å². The molecule has 0 bridgehead atoms. The van der Waals surface area contributed by atoms with Crippen molar-refractivity contribution in [3.63, 3.8) is 0 Å². The van der Waals surface area contributed by atoms with Crippen LogP contribution in [0.2, 0.25) is 0 Å². The molecule has 2 atom stereocenters. The van der Waals surface area contributed by atoms with Gasteiger partial charge in [0.15, 0.2) is 0 Å². The second-order valence-corrected chi connectivity index (χ2v) is 5.11. The van der Waals surface area contributed by atoms with E-state index in [-0.39, 0.29) is 11.8 Å². The lowest BCUT2D eigenvalue weighted by atomic mass is 9.70.